The molecule has 1 aromatic carbocycles. The largest absolute Gasteiger partial charge is 0.310 e. The van der Waals surface area contributed by atoms with Crippen LogP contribution in [0.25, 0.3) is 0 Å². The van der Waals surface area contributed by atoms with E-state index in [1.165, 1.54) is 16.0 Å². The molecule has 0 saturated carbocycles. The highest BCUT2D eigenvalue weighted by atomic mass is 35.5. The number of halogens is 1. The molecule has 0 aliphatic heterocycles. The minimum atomic E-state index is 0.389. The van der Waals surface area contributed by atoms with E-state index < -0.39 is 0 Å². The number of thiophene rings is 1. The maximum Gasteiger partial charge on any atom is 0.0931 e. The smallest absolute Gasteiger partial charge is 0.0931 e. The fraction of sp³-hybridized carbons (Fsp3) is 0.333. The maximum absolute atomic E-state index is 5.91. The zero-order valence-corrected chi connectivity index (χ0v) is 12.3. The van der Waals surface area contributed by atoms with Gasteiger partial charge in [0.2, 0.25) is 0 Å². The molecule has 1 nitrogen and oxygen atoms in total. The lowest BCUT2D eigenvalue weighted by atomic mass is 10.1. The molecule has 96 valence electrons. The molecule has 0 radical (unpaired) electrons. The first-order chi connectivity index (χ1) is 8.65. The summed E-state index contributed by atoms with van der Waals surface area (Å²) in [6.45, 7) is 5.31. The summed E-state index contributed by atoms with van der Waals surface area (Å²) in [5.41, 5.74) is 2.66. The Morgan fingerprint density at radius 2 is 2.11 bits per heavy atom. The van der Waals surface area contributed by atoms with E-state index in [9.17, 15) is 0 Å². The van der Waals surface area contributed by atoms with Gasteiger partial charge in [-0.3, -0.25) is 0 Å². The molecule has 0 amide bonds. The summed E-state index contributed by atoms with van der Waals surface area (Å²) in [5, 5.41) is 3.55. The topological polar surface area (TPSA) is 12.0 Å². The third-order valence-electron chi connectivity index (χ3n) is 2.99. The zero-order chi connectivity index (χ0) is 13.0. The van der Waals surface area contributed by atoms with E-state index in [-0.39, 0.29) is 0 Å². The van der Waals surface area contributed by atoms with Gasteiger partial charge in [-0.15, -0.1) is 11.3 Å². The first-order valence-corrected chi connectivity index (χ1v) is 7.39. The van der Waals surface area contributed by atoms with E-state index in [4.69, 9.17) is 11.6 Å². The van der Waals surface area contributed by atoms with Gasteiger partial charge in [0, 0.05) is 17.5 Å². The standard InChI is InChI=1S/C15H18ClNS/c1-11-4-3-5-13(10-11)12(2)17-9-8-14-6-7-15(16)18-14/h3-7,10,12,17H,8-9H2,1-2H3. The molecule has 0 spiro atoms. The zero-order valence-electron chi connectivity index (χ0n) is 10.7. The van der Waals surface area contributed by atoms with Crippen LogP contribution in [0.15, 0.2) is 36.4 Å². The van der Waals surface area contributed by atoms with E-state index in [1.54, 1.807) is 11.3 Å². The van der Waals surface area contributed by atoms with Gasteiger partial charge >= 0.3 is 0 Å². The quantitative estimate of drug-likeness (QED) is 0.843. The average molecular weight is 280 g/mol. The third-order valence-corrected chi connectivity index (χ3v) is 4.28. The maximum atomic E-state index is 5.91. The van der Waals surface area contributed by atoms with Crippen LogP contribution < -0.4 is 5.32 Å². The summed E-state index contributed by atoms with van der Waals surface area (Å²) < 4.78 is 0.872. The molecule has 0 bridgehead atoms. The number of benzene rings is 1. The number of rotatable bonds is 5. The second-order valence-electron chi connectivity index (χ2n) is 4.55. The van der Waals surface area contributed by atoms with Crippen molar-refractivity contribution in [3.63, 3.8) is 0 Å². The predicted octanol–water partition coefficient (Wildman–Crippen LogP) is 4.60. The number of nitrogens with one attached hydrogen (secondary N) is 1. The Morgan fingerprint density at radius 1 is 1.28 bits per heavy atom. The lowest BCUT2D eigenvalue weighted by Gasteiger charge is -2.14. The second-order valence-corrected chi connectivity index (χ2v) is 6.35. The van der Waals surface area contributed by atoms with Crippen LogP contribution in [0.3, 0.4) is 0 Å². The lowest BCUT2D eigenvalue weighted by Crippen LogP contribution is -2.21. The van der Waals surface area contributed by atoms with E-state index in [0.717, 1.165) is 17.3 Å². The SMILES string of the molecule is Cc1cccc(C(C)NCCc2ccc(Cl)s2)c1. The molecule has 3 heteroatoms. The van der Waals surface area contributed by atoms with E-state index >= 15 is 0 Å². The van der Waals surface area contributed by atoms with Gasteiger partial charge in [0.15, 0.2) is 0 Å². The molecule has 1 atom stereocenters. The van der Waals surface area contributed by atoms with Crippen molar-refractivity contribution in [3.05, 3.63) is 56.7 Å². The van der Waals surface area contributed by atoms with Crippen LogP contribution in [-0.4, -0.2) is 6.54 Å². The number of aryl methyl sites for hydroxylation is 1. The molecule has 0 saturated heterocycles. The molecule has 0 aliphatic rings. The van der Waals surface area contributed by atoms with Crippen LogP contribution in [0.4, 0.5) is 0 Å². The van der Waals surface area contributed by atoms with Crippen molar-refractivity contribution in [1.29, 1.82) is 0 Å². The summed E-state index contributed by atoms with van der Waals surface area (Å²) in [6.07, 6.45) is 1.04. The minimum Gasteiger partial charge on any atom is -0.310 e. The molecule has 1 unspecified atom stereocenters. The minimum absolute atomic E-state index is 0.389. The van der Waals surface area contributed by atoms with Crippen molar-refractivity contribution in [3.8, 4) is 0 Å². The Balaban J connectivity index is 1.83. The van der Waals surface area contributed by atoms with Gasteiger partial charge in [-0.2, -0.15) is 0 Å². The van der Waals surface area contributed by atoms with E-state index in [2.05, 4.69) is 49.5 Å². The molecular weight excluding hydrogens is 262 g/mol. The van der Waals surface area contributed by atoms with Crippen LogP contribution in [0, 0.1) is 6.92 Å². The molecule has 2 rings (SSSR count). The summed E-state index contributed by atoms with van der Waals surface area (Å²) in [5.74, 6) is 0. The highest BCUT2D eigenvalue weighted by molar-refractivity contribution is 7.16. The Morgan fingerprint density at radius 3 is 2.78 bits per heavy atom. The Bertz CT molecular complexity index is 507. The molecule has 0 fully saturated rings. The van der Waals surface area contributed by atoms with Gasteiger partial charge in [0.25, 0.3) is 0 Å². The van der Waals surface area contributed by atoms with Crippen molar-refractivity contribution in [1.82, 2.24) is 5.32 Å². The highest BCUT2D eigenvalue weighted by Crippen LogP contribution is 2.21. The Hall–Kier alpha value is -0.830. The van der Waals surface area contributed by atoms with Crippen molar-refractivity contribution in [2.75, 3.05) is 6.54 Å². The fourth-order valence-electron chi connectivity index (χ4n) is 1.96. The molecule has 1 N–H and O–H groups in total. The van der Waals surface area contributed by atoms with Crippen LogP contribution in [0.2, 0.25) is 4.34 Å². The molecule has 1 heterocycles. The van der Waals surface area contributed by atoms with Crippen molar-refractivity contribution < 1.29 is 0 Å². The van der Waals surface area contributed by atoms with Crippen molar-refractivity contribution in [2.24, 2.45) is 0 Å². The highest BCUT2D eigenvalue weighted by Gasteiger charge is 2.05. The molecule has 2 aromatic rings. The molecule has 0 aliphatic carbocycles. The van der Waals surface area contributed by atoms with Gasteiger partial charge < -0.3 is 5.32 Å². The number of hydrogen-bond acceptors (Lipinski definition) is 2. The van der Waals surface area contributed by atoms with E-state index in [1.807, 2.05) is 6.07 Å². The Kier molecular flexibility index (Phi) is 4.81. The number of hydrogen-bond donors (Lipinski definition) is 1. The average Bonchev–Trinajstić information content (AvgIpc) is 2.75. The summed E-state index contributed by atoms with van der Waals surface area (Å²) in [6, 6.07) is 13.1. The van der Waals surface area contributed by atoms with Crippen LogP contribution in [-0.2, 0) is 6.42 Å². The van der Waals surface area contributed by atoms with Crippen molar-refractivity contribution in [2.45, 2.75) is 26.3 Å². The normalized spacial score (nSPS) is 12.6. The van der Waals surface area contributed by atoms with Crippen LogP contribution in [0.1, 0.15) is 29.0 Å². The van der Waals surface area contributed by atoms with Gasteiger partial charge in [-0.05, 0) is 38.0 Å². The monoisotopic (exact) mass is 279 g/mol. The molecule has 18 heavy (non-hydrogen) atoms. The molecular formula is C15H18ClNS. The first-order valence-electron chi connectivity index (χ1n) is 6.19. The van der Waals surface area contributed by atoms with Gasteiger partial charge in [0.1, 0.15) is 0 Å². The predicted molar refractivity (Wildman–Crippen MR) is 80.6 cm³/mol. The first kappa shape index (κ1) is 13.6. The fourth-order valence-corrected chi connectivity index (χ4v) is 3.04. The van der Waals surface area contributed by atoms with Crippen molar-refractivity contribution >= 4 is 22.9 Å². The lowest BCUT2D eigenvalue weighted by molar-refractivity contribution is 0.578. The third kappa shape index (κ3) is 3.84. The van der Waals surface area contributed by atoms with Crippen LogP contribution >= 0.6 is 22.9 Å². The Labute approximate surface area is 118 Å². The summed E-state index contributed by atoms with van der Waals surface area (Å²) in [7, 11) is 0. The van der Waals surface area contributed by atoms with Gasteiger partial charge in [0.05, 0.1) is 4.34 Å². The molecule has 1 aromatic heterocycles. The second kappa shape index (κ2) is 6.37. The van der Waals surface area contributed by atoms with Gasteiger partial charge in [-0.25, -0.2) is 0 Å². The summed E-state index contributed by atoms with van der Waals surface area (Å²) >= 11 is 7.58. The van der Waals surface area contributed by atoms with Gasteiger partial charge in [-0.1, -0.05) is 41.4 Å². The van der Waals surface area contributed by atoms with E-state index in [0.29, 0.717) is 6.04 Å². The van der Waals surface area contributed by atoms with Crippen LogP contribution in [0.5, 0.6) is 0 Å². The summed E-state index contributed by atoms with van der Waals surface area (Å²) in [4.78, 5) is 1.34.